The Bertz CT molecular complexity index is 12400. The van der Waals surface area contributed by atoms with E-state index in [0.717, 1.165) is 309 Å². The summed E-state index contributed by atoms with van der Waals surface area (Å²) in [6.07, 6.45) is 7.83. The molecule has 111 fully saturated rings. The van der Waals surface area contributed by atoms with Crippen molar-refractivity contribution in [3.63, 3.8) is 0 Å². The lowest BCUT2D eigenvalue weighted by Gasteiger charge is -3.87. The molecule has 0 bridgehead atoms. The summed E-state index contributed by atoms with van der Waals surface area (Å²) in [4.78, 5) is 0. The van der Waals surface area contributed by atoms with Crippen molar-refractivity contribution in [3.8, 4) is 0 Å². The second kappa shape index (κ2) is 5.52. The molecule has 90 spiro atoms. The van der Waals surface area contributed by atoms with Gasteiger partial charge < -0.3 is 0 Å². The van der Waals surface area contributed by atoms with Gasteiger partial charge in [0.1, 0.15) is 0 Å². The molecular formula is C137H54. The van der Waals surface area contributed by atoms with Crippen LogP contribution >= 0.6 is 0 Å². The molecule has 0 nitrogen and oxygen atoms in total. The third kappa shape index (κ3) is 0.712. The highest BCUT2D eigenvalue weighted by molar-refractivity contribution is 7.01. The van der Waals surface area contributed by atoms with Crippen molar-refractivity contribution in [2.45, 2.75) is 39.5 Å². The van der Waals surface area contributed by atoms with Gasteiger partial charge in [0.15, 0.2) is 0 Å². The average Bonchev–Trinajstić information content (AvgIpc) is 0.588. The molecule has 102 unspecified atom stereocenters. The highest BCUT2D eigenvalue weighted by Crippen LogP contribution is 4.02. The summed E-state index contributed by atoms with van der Waals surface area (Å²) in [6.45, 7) is 6.81. The topological polar surface area (TPSA) is 0 Å². The van der Waals surface area contributed by atoms with Gasteiger partial charge in [-0.25, -0.2) is 0 Å². The SMILES string of the molecule is C[C@H]1CC2C3[C@H]4[C@H]5[C@H]6[C@H]7[C@H]8C9C%10C%11CC%12C%13C%14C%15C%16C%17C%18C%19C%20C%21CC%22[C@H]%23[C@H]%24C%25C%26C%27C%28C%29[C@H]%30[C@H]%31C[C@H]%32[C@H]%33C%34C%35[C@H]%36[C@H]%37[C@H]%38[C@H]%39[C@@H]1C21C32C43C54C65C76C87C98C9%40C7%41C67C56C45C34C23C%391C%381C%372C%36%37C%35%36C%35%38C%37%39C2%37C13C41C%372C%393C%354C%35%37C%39%42C%43%44C%28(C%27%28C%26%27C%25%26C%24%25C%24%45C%26%46C%27%26C%28%43C%39%27C%26%28C%46%26C%39%43C%28%46C%27%35C%27%28C3%37C23C51C61C72C%415C96C79C%35(C%39%37C%46%27[C@]2(C31%28)C5%377)C%431C%26%24C23C15C%351C97C69C%406C%108[C@]%13([C@@]%11%12C)[C@@]%146[C@@]%159[C@@]%167[C@@]%171[C@@]%185[C@@]%192[C@]%201C%453C%23%25[C@@]%21%221)C%291C%302C%31%32[C@@]%333C%34%36C%385C%424C1%44C253. The van der Waals surface area contributed by atoms with E-state index < -0.39 is 0 Å². The molecule has 0 aromatic carbocycles. The van der Waals surface area contributed by atoms with E-state index in [-0.39, 0.29) is 0 Å². The molecule has 0 aliphatic heterocycles. The third-order valence-corrected chi connectivity index (χ3v) is 132. The molecule has 0 amide bonds. The Kier molecular flexibility index (Phi) is 1.67. The molecule has 0 aromatic rings. The van der Waals surface area contributed by atoms with Gasteiger partial charge in [0.25, 0.3) is 0 Å². The molecule has 602 valence electrons. The highest BCUT2D eigenvalue weighted by Gasteiger charge is 3.97. The van der Waals surface area contributed by atoms with Gasteiger partial charge in [0, 0.05) is 0 Å². The lowest BCUT2D eigenvalue weighted by Crippen LogP contribution is -3.83. The van der Waals surface area contributed by atoms with Crippen LogP contribution < -0.4 is 0 Å². The van der Waals surface area contributed by atoms with E-state index in [4.69, 9.17) is 0 Å². The highest BCUT2D eigenvalue weighted by atomic mass is 16.0. The van der Waals surface area contributed by atoms with Gasteiger partial charge in [-0.2, -0.15) is 0 Å². The summed E-state index contributed by atoms with van der Waals surface area (Å²) >= 11 is 0. The van der Waals surface area contributed by atoms with E-state index in [2.05, 4.69) is 13.8 Å². The van der Waals surface area contributed by atoms with Crippen molar-refractivity contribution < 1.29 is 0 Å². The zero-order valence-corrected chi connectivity index (χ0v) is 73.4. The first-order valence-corrected chi connectivity index (χ1v) is 68.1. The van der Waals surface area contributed by atoms with Crippen molar-refractivity contribution in [2.24, 2.45) is 464 Å². The summed E-state index contributed by atoms with van der Waals surface area (Å²) < 4.78 is 0. The molecule has 0 heterocycles. The van der Waals surface area contributed by atoms with E-state index in [1.807, 2.05) is 25.7 Å². The molecule has 131 atom stereocenters. The van der Waals surface area contributed by atoms with Crippen LogP contribution in [0.15, 0.2) is 0 Å². The number of hydrogen-bond donors (Lipinski definition) is 0. The van der Waals surface area contributed by atoms with E-state index in [1.165, 1.54) is 421 Å². The molecule has 0 heteroatoms. The van der Waals surface area contributed by atoms with Crippen LogP contribution in [0.2, 0.25) is 0 Å². The summed E-state index contributed by atoms with van der Waals surface area (Å²) in [6, 6.07) is 0. The quantitative estimate of drug-likeness (QED) is 0.227. The first-order valence-electron chi connectivity index (χ1n) is 68.1. The van der Waals surface area contributed by atoms with E-state index >= 15 is 0 Å². The molecular weight excluding hydrogens is 1650 g/mol. The third-order valence-electron chi connectivity index (χ3n) is 132. The molecule has 0 saturated heterocycles. The fraction of sp³-hybridized carbons (Fsp3) is 1.00. The summed E-state index contributed by atoms with van der Waals surface area (Å²) in [5.41, 5.74) is 104. The van der Waals surface area contributed by atoms with Gasteiger partial charge in [-0.05, 0) is 755 Å². The Morgan fingerprint density at radius 1 is 0.102 bits per heavy atom. The Morgan fingerprint density at radius 2 is 0.226 bits per heavy atom. The normalized spacial score (nSPS) is 160. The van der Waals surface area contributed by atoms with Gasteiger partial charge in [-0.3, -0.25) is 0 Å². The first kappa shape index (κ1) is 41.5. The van der Waals surface area contributed by atoms with Crippen LogP contribution in [0.5, 0.6) is 0 Å². The van der Waals surface area contributed by atoms with Gasteiger partial charge in [-0.15, -0.1) is 0 Å². The van der Waals surface area contributed by atoms with Crippen LogP contribution in [-0.4, -0.2) is 0 Å². The molecule has 0 radical (unpaired) electrons. The molecule has 0 N–H and O–H groups in total. The van der Waals surface area contributed by atoms with Crippen LogP contribution in [0.25, 0.3) is 0 Å². The van der Waals surface area contributed by atoms with Crippen molar-refractivity contribution in [3.05, 3.63) is 265 Å². The van der Waals surface area contributed by atoms with Crippen LogP contribution in [0, 0.1) is 729 Å². The Labute approximate surface area is 763 Å². The number of hydrogen-bond acceptors (Lipinski definition) is 0. The van der Waals surface area contributed by atoms with Gasteiger partial charge in [0.05, 0.1) is 0 Å². The van der Waals surface area contributed by atoms with Crippen LogP contribution in [0.3, 0.4) is 0 Å². The number of rotatable bonds is 0. The second-order valence-corrected chi connectivity index (χ2v) is 93.9. The molecule has 111 rings (SSSR count). The average molecular weight is 1700 g/mol. The van der Waals surface area contributed by atoms with E-state index in [0.29, 0.717) is 0 Å². The van der Waals surface area contributed by atoms with Crippen molar-refractivity contribution in [1.82, 2.24) is 0 Å². The fourth-order valence-corrected chi connectivity index (χ4v) is 177. The van der Waals surface area contributed by atoms with Crippen LogP contribution in [-0.2, 0) is 0 Å². The minimum absolute atomic E-state index is 0.926. The standard InChI is InChI=1S/C137H54/c1-7-3-10-18-26-34-43-41-33-25-17-9-4-8-16-24-32-40-44-36-28-20-13-6-14-22-30-38-46-45-37-29-21-12-5-11-19-27-35-42-39-31-23-15(7)50(10)56(18)64(26)72(34)80(43)81(41)74(33)66(25)58(17)51(16,47(8,9)2)59(24)67(32)75(40)77(44)69(36)61(28)53(20)49(13,14)55(22)63(30)71(38)79(46)78(45)70(37)62(29)54(21)48(11,12)52(19)60(27)68(35)76(42)73(39)65(31)57(23,50)84(56)90(64)98(72)106(80)107(81)100(74)92(66)85(58,59)93(67)101(75)103(77)95(69)87(61)83(53,55)89(63)97(71)105(79)104(78)96(70)88(62)82(52,54)86(60)94(68)102(76)99(73)91(65,84)110(90)114(99)120(102)112(94)108(86,88)115(96)122(104)123(105)116(97)109(87,89)113(95)121(103)118(101)111(92,93)119(100)125(107)124(106)117(98,110)128(114)130(120)126(112,115)132(122)133(123)127(113,116)131(121)129(118,119)135(125)134(124,128)136(130,132)137(131,133)135/h7-46H,3-6H2,1-2H3/t7-,8?,9?,10?,11-,12+,13?,14?,15+,16?,17?,18?,19-,20?,21+,22-,23+,24?,25?,26-,27?,28?,29?,30-,31+,32?,33+,34-,35?,36?,37?,38?,39+,40?,41+,42-,43-,44?,45?,46?,47+,48?,49-,50?,51-,52+,53-,54?,55?,56?,57?,58?,59+,60?,61-,62?,63?,64?,65?,66?,67+,68?,69-,70?,71?,72?,73?,74?,75+,76?,77-,78?,79?,80?,81?,82?,83?,84?,85?,86?,87?,88?,89?,90?,91?,92?,93?,94?,95?,96?,97?,98?,99?,100?,101?,102?,103?,104?,105?,106?,107?,108?,109?,110?,111?,112?,113?,114?,115?,116?,117?,118?,119?,120?,121?,122?,123?,124?,125?,126?,127?,128?,129?,130?,131?,132?,133?,134?,135-,136?,137?/m0/s1. The lowest BCUT2D eigenvalue weighted by molar-refractivity contribution is -1.21. The second-order valence-electron chi connectivity index (χ2n) is 93.9. The van der Waals surface area contributed by atoms with Crippen LogP contribution in [0.4, 0.5) is 0 Å². The monoisotopic (exact) mass is 1700 g/mol. The Morgan fingerprint density at radius 3 is 0.460 bits per heavy atom. The van der Waals surface area contributed by atoms with E-state index in [1.54, 1.807) is 0 Å². The maximum absolute atomic E-state index is 3.54. The Balaban J connectivity index is 0.531. The van der Waals surface area contributed by atoms with E-state index in [9.17, 15) is 0 Å². The van der Waals surface area contributed by atoms with Gasteiger partial charge in [-0.1, -0.05) is 13.8 Å². The summed E-state index contributed by atoms with van der Waals surface area (Å²) in [5, 5.41) is 0. The Hall–Kier alpha value is 0. The molecule has 137 heavy (non-hydrogen) atoms. The minimum Gasteiger partial charge on any atom is -0.0622 e. The molecule has 0 aromatic heterocycles. The van der Waals surface area contributed by atoms with Crippen molar-refractivity contribution >= 4 is 0 Å². The molecule has 111 saturated carbocycles. The maximum atomic E-state index is 3.54. The minimum atomic E-state index is 0.926. The summed E-state index contributed by atoms with van der Waals surface area (Å²) in [5.74, 6) is 58.0. The summed E-state index contributed by atoms with van der Waals surface area (Å²) in [7, 11) is 0. The van der Waals surface area contributed by atoms with Crippen molar-refractivity contribution in [1.29, 1.82) is 0 Å². The number of fused-ring (bicyclic) bond motifs is 35. The first-order chi connectivity index (χ1) is 68.1. The smallest absolute Gasteiger partial charge is 0.00000000481 e. The zero-order chi connectivity index (χ0) is 73.4. The largest absolute Gasteiger partial charge is 0.0622 e. The van der Waals surface area contributed by atoms with Gasteiger partial charge in [0.2, 0.25) is 0 Å². The fourth-order valence-electron chi connectivity index (χ4n) is 177. The zero-order valence-electron chi connectivity index (χ0n) is 73.4. The van der Waals surface area contributed by atoms with Crippen LogP contribution in [0.1, 0.15) is 39.5 Å². The van der Waals surface area contributed by atoms with Crippen molar-refractivity contribution in [2.75, 3.05) is 0 Å². The molecule has 111 aliphatic carbocycles. The lowest BCUT2D eigenvalue weighted by atomic mass is 8.14. The maximum Gasteiger partial charge on any atom is -0.00000000481 e. The predicted molar refractivity (Wildman–Crippen MR) is 431 cm³/mol. The predicted octanol–water partition coefficient (Wildman–Crippen LogP) is 11.5. The van der Waals surface area contributed by atoms with Gasteiger partial charge >= 0.3 is 0 Å². The molecule has 111 aliphatic rings.